The van der Waals surface area contributed by atoms with Gasteiger partial charge in [0.25, 0.3) is 0 Å². The Morgan fingerprint density at radius 2 is 2.00 bits per heavy atom. The fraction of sp³-hybridized carbons (Fsp3) is 0.273. The lowest BCUT2D eigenvalue weighted by Gasteiger charge is -2.22. The Morgan fingerprint density at radius 1 is 1.17 bits per heavy atom. The third-order valence-electron chi connectivity index (χ3n) is 4.87. The number of hydrogen-bond donors (Lipinski definition) is 1. The Morgan fingerprint density at radius 3 is 2.80 bits per heavy atom. The predicted octanol–water partition coefficient (Wildman–Crippen LogP) is 6.67. The number of rotatable bonds is 3. The molecule has 8 heteroatoms. The minimum atomic E-state index is -0.673. The van der Waals surface area contributed by atoms with Crippen LogP contribution in [0.25, 0.3) is 26.0 Å². The minimum absolute atomic E-state index is 0.181. The number of thiazole rings is 1. The van der Waals surface area contributed by atoms with Crippen LogP contribution in [0.15, 0.2) is 36.0 Å². The van der Waals surface area contributed by atoms with E-state index in [1.807, 2.05) is 13.8 Å². The van der Waals surface area contributed by atoms with Gasteiger partial charge < -0.3 is 10.2 Å². The van der Waals surface area contributed by atoms with Crippen molar-refractivity contribution in [1.82, 2.24) is 14.9 Å². The zero-order chi connectivity index (χ0) is 21.3. The van der Waals surface area contributed by atoms with E-state index in [0.717, 1.165) is 34.6 Å². The van der Waals surface area contributed by atoms with Gasteiger partial charge in [0.15, 0.2) is 11.6 Å². The molecule has 4 heterocycles. The standard InChI is InChI=1S/C20H16F2N4S2.C2H6/c1-26-6-2-3-11(9-26)15-7-12-14(4-5-23-20(12)28-15)25-18-13(21)8-16-19(17(18)22)24-10-27-16;1-2/h3-5,7-8,10H,2,6,9H2,1H3,(H,23,25);1-2H3. The number of aromatic nitrogens is 2. The zero-order valence-corrected chi connectivity index (χ0v) is 18.6. The van der Waals surface area contributed by atoms with Crippen molar-refractivity contribution in [2.24, 2.45) is 0 Å². The molecule has 0 radical (unpaired) electrons. The average molecular weight is 445 g/mol. The van der Waals surface area contributed by atoms with E-state index in [0.29, 0.717) is 10.4 Å². The van der Waals surface area contributed by atoms with Crippen molar-refractivity contribution in [3.8, 4) is 0 Å². The number of pyridine rings is 1. The molecule has 0 atom stereocenters. The lowest BCUT2D eigenvalue weighted by Crippen LogP contribution is -2.24. The Labute approximate surface area is 181 Å². The third-order valence-corrected chi connectivity index (χ3v) is 6.77. The molecule has 4 aromatic rings. The molecule has 1 aliphatic rings. The summed E-state index contributed by atoms with van der Waals surface area (Å²) < 4.78 is 29.8. The van der Waals surface area contributed by atoms with Gasteiger partial charge in [0.1, 0.15) is 16.0 Å². The van der Waals surface area contributed by atoms with Gasteiger partial charge in [-0.3, -0.25) is 0 Å². The Kier molecular flexibility index (Phi) is 6.08. The van der Waals surface area contributed by atoms with Gasteiger partial charge in [0.05, 0.1) is 15.9 Å². The number of nitrogens with zero attached hydrogens (tertiary/aromatic N) is 3. The molecule has 0 amide bonds. The van der Waals surface area contributed by atoms with E-state index in [4.69, 9.17) is 0 Å². The molecule has 1 N–H and O–H groups in total. The SMILES string of the molecule is CC.CN1CCC=C(c2cc3c(Nc4c(F)cc5scnc5c4F)ccnc3s2)C1. The van der Waals surface area contributed by atoms with Crippen LogP contribution >= 0.6 is 22.7 Å². The van der Waals surface area contributed by atoms with Crippen LogP contribution in [0, 0.1) is 11.6 Å². The first-order valence-electron chi connectivity index (χ1n) is 9.85. The highest BCUT2D eigenvalue weighted by Crippen LogP contribution is 2.37. The number of fused-ring (bicyclic) bond motifs is 2. The largest absolute Gasteiger partial charge is 0.350 e. The van der Waals surface area contributed by atoms with Gasteiger partial charge in [-0.25, -0.2) is 18.7 Å². The number of benzene rings is 1. The Bertz CT molecular complexity index is 1230. The first kappa shape index (κ1) is 20.8. The van der Waals surface area contributed by atoms with Crippen LogP contribution in [0.5, 0.6) is 0 Å². The smallest absolute Gasteiger partial charge is 0.176 e. The van der Waals surface area contributed by atoms with Crippen LogP contribution in [-0.4, -0.2) is 35.0 Å². The summed E-state index contributed by atoms with van der Waals surface area (Å²) in [5.41, 5.74) is 3.41. The molecule has 1 aromatic carbocycles. The van der Waals surface area contributed by atoms with Gasteiger partial charge in [-0.15, -0.1) is 22.7 Å². The fourth-order valence-electron chi connectivity index (χ4n) is 3.46. The third kappa shape index (κ3) is 3.82. The van der Waals surface area contributed by atoms with E-state index < -0.39 is 11.6 Å². The summed E-state index contributed by atoms with van der Waals surface area (Å²) in [6.07, 6.45) is 4.93. The highest BCUT2D eigenvalue weighted by molar-refractivity contribution is 7.19. The number of hydrogen-bond acceptors (Lipinski definition) is 6. The normalized spacial score (nSPS) is 14.5. The van der Waals surface area contributed by atoms with Crippen molar-refractivity contribution in [3.63, 3.8) is 0 Å². The van der Waals surface area contributed by atoms with Crippen molar-refractivity contribution in [2.75, 3.05) is 25.5 Å². The van der Waals surface area contributed by atoms with E-state index in [1.165, 1.54) is 28.5 Å². The Balaban J connectivity index is 0.00000106. The van der Waals surface area contributed by atoms with Gasteiger partial charge in [0.2, 0.25) is 0 Å². The van der Waals surface area contributed by atoms with Crippen molar-refractivity contribution >= 4 is 60.1 Å². The summed E-state index contributed by atoms with van der Waals surface area (Å²) in [5, 5.41) is 3.80. The van der Waals surface area contributed by atoms with E-state index in [9.17, 15) is 8.78 Å². The summed E-state index contributed by atoms with van der Waals surface area (Å²) in [5.74, 6) is -1.31. The molecule has 0 aliphatic carbocycles. The van der Waals surface area contributed by atoms with Crippen molar-refractivity contribution in [2.45, 2.75) is 20.3 Å². The van der Waals surface area contributed by atoms with Crippen molar-refractivity contribution in [3.05, 3.63) is 52.5 Å². The lowest BCUT2D eigenvalue weighted by atomic mass is 10.1. The average Bonchev–Trinajstić information content (AvgIpc) is 3.40. The van der Waals surface area contributed by atoms with Crippen LogP contribution in [0.3, 0.4) is 0 Å². The molecule has 0 saturated heterocycles. The van der Waals surface area contributed by atoms with Crippen LogP contribution in [0.1, 0.15) is 25.1 Å². The Hall–Kier alpha value is -2.42. The molecule has 156 valence electrons. The van der Waals surface area contributed by atoms with E-state index in [1.54, 1.807) is 23.6 Å². The predicted molar refractivity (Wildman–Crippen MR) is 124 cm³/mol. The number of halogens is 2. The molecule has 0 unspecified atom stereocenters. The summed E-state index contributed by atoms with van der Waals surface area (Å²) >= 11 is 2.81. The van der Waals surface area contributed by atoms with E-state index in [2.05, 4.69) is 39.4 Å². The molecule has 0 spiro atoms. The van der Waals surface area contributed by atoms with Gasteiger partial charge in [0, 0.05) is 29.5 Å². The maximum absolute atomic E-state index is 14.8. The molecular formula is C22H22F2N4S2. The molecule has 0 fully saturated rings. The van der Waals surface area contributed by atoms with Gasteiger partial charge >= 0.3 is 0 Å². The monoisotopic (exact) mass is 444 g/mol. The second kappa shape index (κ2) is 8.75. The van der Waals surface area contributed by atoms with Gasteiger partial charge in [-0.1, -0.05) is 19.9 Å². The first-order valence-corrected chi connectivity index (χ1v) is 11.5. The van der Waals surface area contributed by atoms with E-state index in [-0.39, 0.29) is 11.2 Å². The number of anilines is 2. The maximum atomic E-state index is 14.8. The summed E-state index contributed by atoms with van der Waals surface area (Å²) in [4.78, 5) is 12.7. The van der Waals surface area contributed by atoms with Crippen LogP contribution in [-0.2, 0) is 0 Å². The molecule has 3 aromatic heterocycles. The number of likely N-dealkylation sites (N-methyl/N-ethyl adjacent to an activating group) is 1. The van der Waals surface area contributed by atoms with E-state index >= 15 is 0 Å². The molecule has 5 rings (SSSR count). The lowest BCUT2D eigenvalue weighted by molar-refractivity contribution is 0.373. The topological polar surface area (TPSA) is 41.0 Å². The van der Waals surface area contributed by atoms with Crippen LogP contribution in [0.2, 0.25) is 0 Å². The highest BCUT2D eigenvalue weighted by atomic mass is 32.1. The number of thiophene rings is 1. The van der Waals surface area contributed by atoms with Gasteiger partial charge in [-0.05, 0) is 37.2 Å². The summed E-state index contributed by atoms with van der Waals surface area (Å²) in [6, 6.07) is 5.11. The molecule has 1 aliphatic heterocycles. The van der Waals surface area contributed by atoms with Crippen LogP contribution in [0.4, 0.5) is 20.2 Å². The molecule has 0 bridgehead atoms. The zero-order valence-electron chi connectivity index (χ0n) is 17.0. The number of nitrogens with one attached hydrogen (secondary N) is 1. The van der Waals surface area contributed by atoms with Crippen molar-refractivity contribution in [1.29, 1.82) is 0 Å². The molecule has 30 heavy (non-hydrogen) atoms. The molecule has 0 saturated carbocycles. The van der Waals surface area contributed by atoms with Gasteiger partial charge in [-0.2, -0.15) is 0 Å². The summed E-state index contributed by atoms with van der Waals surface area (Å²) in [6.45, 7) is 5.94. The van der Waals surface area contributed by atoms with Crippen LogP contribution < -0.4 is 5.32 Å². The quantitative estimate of drug-likeness (QED) is 0.383. The second-order valence-corrected chi connectivity index (χ2v) is 8.73. The second-order valence-electron chi connectivity index (χ2n) is 6.82. The minimum Gasteiger partial charge on any atom is -0.350 e. The first-order chi connectivity index (χ1) is 14.6. The van der Waals surface area contributed by atoms with Crippen molar-refractivity contribution < 1.29 is 8.78 Å². The fourth-order valence-corrected chi connectivity index (χ4v) is 5.21. The summed E-state index contributed by atoms with van der Waals surface area (Å²) in [7, 11) is 2.10. The molecular weight excluding hydrogens is 422 g/mol. The molecule has 4 nitrogen and oxygen atoms in total. The maximum Gasteiger partial charge on any atom is 0.176 e. The highest BCUT2D eigenvalue weighted by Gasteiger charge is 2.19.